The van der Waals surface area contributed by atoms with Crippen LogP contribution in [0.5, 0.6) is 0 Å². The lowest BCUT2D eigenvalue weighted by Gasteiger charge is -1.99. The third-order valence-corrected chi connectivity index (χ3v) is 2.00. The predicted octanol–water partition coefficient (Wildman–Crippen LogP) is 1.86. The van der Waals surface area contributed by atoms with Gasteiger partial charge in [0.2, 0.25) is 0 Å². The zero-order chi connectivity index (χ0) is 10.0. The molecule has 1 aromatic rings. The zero-order valence-electron chi connectivity index (χ0n) is 6.25. The van der Waals surface area contributed by atoms with Gasteiger partial charge < -0.3 is 5.11 Å². The maximum absolute atomic E-state index is 13.1. The Kier molecular flexibility index (Phi) is 2.77. The molecule has 1 aromatic carbocycles. The number of carboxylic acids is 1. The first-order valence-electron chi connectivity index (χ1n) is 3.25. The Balaban J connectivity index is 3.23. The van der Waals surface area contributed by atoms with Crippen molar-refractivity contribution in [3.8, 4) is 0 Å². The molecule has 0 amide bonds. The lowest BCUT2D eigenvalue weighted by molar-refractivity contribution is -0.131. The summed E-state index contributed by atoms with van der Waals surface area (Å²) in [6.45, 7) is 0. The summed E-state index contributed by atoms with van der Waals surface area (Å²) >= 11 is 2.84. The third-order valence-electron chi connectivity index (χ3n) is 1.39. The maximum atomic E-state index is 13.1. The molecule has 0 heterocycles. The molecular weight excluding hydrogens is 243 g/mol. The minimum Gasteiger partial charge on any atom is -0.475 e. The molecule has 0 aliphatic heterocycles. The number of hydrogen-bond donors (Lipinski definition) is 1. The van der Waals surface area contributed by atoms with E-state index in [0.29, 0.717) is 0 Å². The van der Waals surface area contributed by atoms with Gasteiger partial charge >= 0.3 is 5.97 Å². The zero-order valence-corrected chi connectivity index (χ0v) is 7.84. The molecule has 0 aliphatic carbocycles. The van der Waals surface area contributed by atoms with Gasteiger partial charge in [-0.05, 0) is 28.1 Å². The molecule has 0 spiro atoms. The van der Waals surface area contributed by atoms with Crippen LogP contribution in [-0.2, 0) is 4.79 Å². The number of hydrogen-bond acceptors (Lipinski definition) is 2. The van der Waals surface area contributed by atoms with Crippen molar-refractivity contribution in [2.75, 3.05) is 0 Å². The van der Waals surface area contributed by atoms with E-state index in [-0.39, 0.29) is 4.47 Å². The number of rotatable bonds is 2. The number of ketones is 1. The molecule has 5 heteroatoms. The second kappa shape index (κ2) is 3.66. The van der Waals surface area contributed by atoms with Crippen LogP contribution in [0, 0.1) is 5.82 Å². The minimum atomic E-state index is -1.67. The van der Waals surface area contributed by atoms with Crippen molar-refractivity contribution in [2.24, 2.45) is 0 Å². The molecule has 0 atom stereocenters. The predicted molar refractivity (Wildman–Crippen MR) is 46.1 cm³/mol. The fourth-order valence-electron chi connectivity index (χ4n) is 0.794. The van der Waals surface area contributed by atoms with E-state index < -0.39 is 23.1 Å². The van der Waals surface area contributed by atoms with Crippen LogP contribution in [0.1, 0.15) is 10.4 Å². The number of benzene rings is 1. The van der Waals surface area contributed by atoms with Crippen molar-refractivity contribution < 1.29 is 19.1 Å². The highest BCUT2D eigenvalue weighted by Crippen LogP contribution is 2.18. The highest BCUT2D eigenvalue weighted by Gasteiger charge is 2.19. The van der Waals surface area contributed by atoms with Gasteiger partial charge in [0, 0.05) is 0 Å². The van der Waals surface area contributed by atoms with E-state index in [1.54, 1.807) is 0 Å². The quantitative estimate of drug-likeness (QED) is 0.640. The summed E-state index contributed by atoms with van der Waals surface area (Å²) < 4.78 is 13.2. The van der Waals surface area contributed by atoms with Crippen LogP contribution in [-0.4, -0.2) is 16.9 Å². The Labute approximate surface area is 81.3 Å². The standard InChI is InChI=1S/C8H4BrFO3/c9-5-3-1-2-4(6(5)10)7(11)8(12)13/h1-3H,(H,12,13). The first kappa shape index (κ1) is 9.85. The Hall–Kier alpha value is -1.23. The van der Waals surface area contributed by atoms with Gasteiger partial charge in [-0.2, -0.15) is 0 Å². The Morgan fingerprint density at radius 1 is 1.38 bits per heavy atom. The van der Waals surface area contributed by atoms with E-state index in [4.69, 9.17) is 5.11 Å². The summed E-state index contributed by atoms with van der Waals surface area (Å²) in [6, 6.07) is 3.90. The van der Waals surface area contributed by atoms with Crippen LogP contribution in [0.3, 0.4) is 0 Å². The van der Waals surface area contributed by atoms with Crippen molar-refractivity contribution in [2.45, 2.75) is 0 Å². The van der Waals surface area contributed by atoms with E-state index in [1.807, 2.05) is 0 Å². The summed E-state index contributed by atoms with van der Waals surface area (Å²) in [4.78, 5) is 21.1. The van der Waals surface area contributed by atoms with Gasteiger partial charge in [0.1, 0.15) is 5.82 Å². The fraction of sp³-hybridized carbons (Fsp3) is 0. The molecule has 3 nitrogen and oxygen atoms in total. The summed E-state index contributed by atoms with van der Waals surface area (Å²) in [6.07, 6.45) is 0. The van der Waals surface area contributed by atoms with E-state index in [2.05, 4.69) is 15.9 Å². The molecule has 0 unspecified atom stereocenters. The van der Waals surface area contributed by atoms with Crippen LogP contribution in [0.15, 0.2) is 22.7 Å². The van der Waals surface area contributed by atoms with Gasteiger partial charge in [0.05, 0.1) is 10.0 Å². The van der Waals surface area contributed by atoms with Crippen molar-refractivity contribution in [3.05, 3.63) is 34.1 Å². The Bertz CT molecular complexity index is 376. The fourth-order valence-corrected chi connectivity index (χ4v) is 1.16. The van der Waals surface area contributed by atoms with Gasteiger partial charge in [0.25, 0.3) is 5.78 Å². The molecule has 0 aliphatic rings. The lowest BCUT2D eigenvalue weighted by atomic mass is 10.1. The van der Waals surface area contributed by atoms with E-state index >= 15 is 0 Å². The maximum Gasteiger partial charge on any atom is 0.377 e. The van der Waals surface area contributed by atoms with Crippen LogP contribution < -0.4 is 0 Å². The van der Waals surface area contributed by atoms with E-state index in [0.717, 1.165) is 6.07 Å². The number of Topliss-reactive ketones (excluding diaryl/α,β-unsaturated/α-hetero) is 1. The minimum absolute atomic E-state index is 0.0691. The van der Waals surface area contributed by atoms with Gasteiger partial charge in [-0.25, -0.2) is 9.18 Å². The normalized spacial score (nSPS) is 9.69. The molecular formula is C8H4BrFO3. The summed E-state index contributed by atoms with van der Waals surface area (Å²) in [5.41, 5.74) is -0.443. The van der Waals surface area contributed by atoms with Crippen LogP contribution in [0.4, 0.5) is 4.39 Å². The monoisotopic (exact) mass is 246 g/mol. The van der Waals surface area contributed by atoms with Gasteiger partial charge in [-0.3, -0.25) is 4.79 Å². The Morgan fingerprint density at radius 3 is 2.54 bits per heavy atom. The van der Waals surface area contributed by atoms with Crippen LogP contribution >= 0.6 is 15.9 Å². The van der Waals surface area contributed by atoms with Crippen molar-refractivity contribution >= 4 is 27.7 Å². The summed E-state index contributed by atoms with van der Waals surface area (Å²) in [7, 11) is 0. The largest absolute Gasteiger partial charge is 0.475 e. The number of carbonyl (C=O) groups is 2. The molecule has 0 saturated carbocycles. The van der Waals surface area contributed by atoms with Crippen molar-refractivity contribution in [1.82, 2.24) is 0 Å². The van der Waals surface area contributed by atoms with Crippen LogP contribution in [0.25, 0.3) is 0 Å². The number of halogens is 2. The first-order chi connectivity index (χ1) is 6.04. The number of aliphatic carboxylic acids is 1. The number of carboxylic acid groups (broad SMARTS) is 1. The molecule has 0 aromatic heterocycles. The van der Waals surface area contributed by atoms with Gasteiger partial charge in [0.15, 0.2) is 0 Å². The molecule has 13 heavy (non-hydrogen) atoms. The van der Waals surface area contributed by atoms with Crippen molar-refractivity contribution in [3.63, 3.8) is 0 Å². The van der Waals surface area contributed by atoms with Gasteiger partial charge in [-0.15, -0.1) is 0 Å². The van der Waals surface area contributed by atoms with Gasteiger partial charge in [-0.1, -0.05) is 6.07 Å². The second-order valence-corrected chi connectivity index (χ2v) is 3.09. The highest BCUT2D eigenvalue weighted by atomic mass is 79.9. The molecule has 1 N–H and O–H groups in total. The second-order valence-electron chi connectivity index (χ2n) is 2.24. The van der Waals surface area contributed by atoms with E-state index in [9.17, 15) is 14.0 Å². The van der Waals surface area contributed by atoms with Crippen LogP contribution in [0.2, 0.25) is 0 Å². The SMILES string of the molecule is O=C(O)C(=O)c1cccc(Br)c1F. The molecule has 1 rings (SSSR count). The molecule has 0 saturated heterocycles. The average Bonchev–Trinajstić information content (AvgIpc) is 2.08. The lowest BCUT2D eigenvalue weighted by Crippen LogP contribution is -2.14. The Morgan fingerprint density at radius 2 is 2.00 bits per heavy atom. The average molecular weight is 247 g/mol. The summed E-state index contributed by atoms with van der Waals surface area (Å²) in [5, 5.41) is 8.32. The smallest absolute Gasteiger partial charge is 0.377 e. The first-order valence-corrected chi connectivity index (χ1v) is 4.05. The number of carbonyl (C=O) groups excluding carboxylic acids is 1. The molecule has 68 valence electrons. The summed E-state index contributed by atoms with van der Waals surface area (Å²) in [5.74, 6) is -3.77. The van der Waals surface area contributed by atoms with E-state index in [1.165, 1.54) is 12.1 Å². The van der Waals surface area contributed by atoms with Crippen molar-refractivity contribution in [1.29, 1.82) is 0 Å². The highest BCUT2D eigenvalue weighted by molar-refractivity contribution is 9.10. The molecule has 0 bridgehead atoms. The molecule has 0 radical (unpaired) electrons. The topological polar surface area (TPSA) is 54.4 Å². The molecule has 0 fully saturated rings. The third kappa shape index (κ3) is 1.92.